The van der Waals surface area contributed by atoms with Crippen molar-refractivity contribution in [2.45, 2.75) is 38.6 Å². The molecule has 1 aromatic carbocycles. The number of fused-ring (bicyclic) bond motifs is 3. The normalized spacial score (nSPS) is 27.5. The van der Waals surface area contributed by atoms with Crippen LogP contribution in [0.3, 0.4) is 0 Å². The fraction of sp³-hybridized carbons (Fsp3) is 0.462. The van der Waals surface area contributed by atoms with Gasteiger partial charge < -0.3 is 14.8 Å². The lowest BCUT2D eigenvalue weighted by Crippen LogP contribution is -2.37. The maximum atomic E-state index is 11.0. The van der Waals surface area contributed by atoms with E-state index in [-0.39, 0.29) is 23.7 Å². The quantitative estimate of drug-likeness (QED) is 0.757. The van der Waals surface area contributed by atoms with E-state index in [1.54, 1.807) is 0 Å². The van der Waals surface area contributed by atoms with Crippen molar-refractivity contribution in [3.8, 4) is 5.75 Å². The van der Waals surface area contributed by atoms with Crippen LogP contribution in [0.5, 0.6) is 5.75 Å². The molecule has 2 aliphatic rings. The van der Waals surface area contributed by atoms with E-state index in [1.807, 2.05) is 32.0 Å². The second-order valence-corrected chi connectivity index (χ2v) is 5.12. The van der Waals surface area contributed by atoms with Gasteiger partial charge >= 0.3 is 0 Å². The minimum atomic E-state index is -0.271. The number of ether oxygens (including phenoxy) is 2. The standard InChI is InChI=1S/C13H15NO3/c1-7(15)14-8-4-5-10-9(6-8)11-12(16-11)13(2,3)17-10/h4-6,11-12H,1-3H3,(H,14,15)/t11-,12-/m1/s1. The zero-order chi connectivity index (χ0) is 12.2. The number of hydrogen-bond donors (Lipinski definition) is 1. The third-order valence-corrected chi connectivity index (χ3v) is 3.19. The van der Waals surface area contributed by atoms with Crippen molar-refractivity contribution in [3.05, 3.63) is 23.8 Å². The summed E-state index contributed by atoms with van der Waals surface area (Å²) in [4.78, 5) is 11.0. The summed E-state index contributed by atoms with van der Waals surface area (Å²) in [6.45, 7) is 5.56. The molecule has 1 saturated heterocycles. The van der Waals surface area contributed by atoms with Crippen LogP contribution in [0, 0.1) is 0 Å². The highest BCUT2D eigenvalue weighted by Crippen LogP contribution is 2.54. The van der Waals surface area contributed by atoms with E-state index in [0.717, 1.165) is 17.0 Å². The summed E-state index contributed by atoms with van der Waals surface area (Å²) in [7, 11) is 0. The molecule has 4 nitrogen and oxygen atoms in total. The van der Waals surface area contributed by atoms with Gasteiger partial charge in [0.1, 0.15) is 23.6 Å². The van der Waals surface area contributed by atoms with Gasteiger partial charge in [-0.1, -0.05) is 0 Å². The number of hydrogen-bond acceptors (Lipinski definition) is 3. The van der Waals surface area contributed by atoms with Gasteiger partial charge in [-0.15, -0.1) is 0 Å². The van der Waals surface area contributed by atoms with E-state index < -0.39 is 0 Å². The summed E-state index contributed by atoms with van der Waals surface area (Å²) < 4.78 is 11.5. The number of amides is 1. The largest absolute Gasteiger partial charge is 0.485 e. The highest BCUT2D eigenvalue weighted by Gasteiger charge is 2.56. The molecule has 0 spiro atoms. The van der Waals surface area contributed by atoms with E-state index in [4.69, 9.17) is 9.47 Å². The van der Waals surface area contributed by atoms with Crippen LogP contribution in [0.25, 0.3) is 0 Å². The summed E-state index contributed by atoms with van der Waals surface area (Å²) in [5.74, 6) is 0.776. The molecule has 17 heavy (non-hydrogen) atoms. The Hall–Kier alpha value is -1.55. The second-order valence-electron chi connectivity index (χ2n) is 5.12. The summed E-state index contributed by atoms with van der Waals surface area (Å²) >= 11 is 0. The third kappa shape index (κ3) is 1.69. The molecular formula is C13H15NO3. The smallest absolute Gasteiger partial charge is 0.221 e. The lowest BCUT2D eigenvalue weighted by atomic mass is 9.94. The molecule has 3 rings (SSSR count). The molecule has 1 aromatic rings. The van der Waals surface area contributed by atoms with Crippen LogP contribution in [0.15, 0.2) is 18.2 Å². The summed E-state index contributed by atoms with van der Waals surface area (Å²) in [6.07, 6.45) is 0.241. The van der Waals surface area contributed by atoms with Gasteiger partial charge in [0.2, 0.25) is 5.91 Å². The van der Waals surface area contributed by atoms with Crippen molar-refractivity contribution in [1.29, 1.82) is 0 Å². The average Bonchev–Trinajstić information content (AvgIpc) is 2.98. The van der Waals surface area contributed by atoms with Crippen molar-refractivity contribution < 1.29 is 14.3 Å². The zero-order valence-electron chi connectivity index (χ0n) is 10.1. The van der Waals surface area contributed by atoms with E-state index in [9.17, 15) is 4.79 Å². The molecule has 1 fully saturated rings. The summed E-state index contributed by atoms with van der Waals surface area (Å²) in [5.41, 5.74) is 1.54. The molecule has 2 atom stereocenters. The van der Waals surface area contributed by atoms with Gasteiger partial charge in [-0.05, 0) is 32.0 Å². The van der Waals surface area contributed by atoms with Crippen LogP contribution in [-0.2, 0) is 9.53 Å². The first kappa shape index (κ1) is 10.6. The Balaban J connectivity index is 1.95. The molecular weight excluding hydrogens is 218 g/mol. The topological polar surface area (TPSA) is 50.9 Å². The molecule has 2 aliphatic heterocycles. The fourth-order valence-electron chi connectivity index (χ4n) is 2.36. The first-order chi connectivity index (χ1) is 7.97. The van der Waals surface area contributed by atoms with Crippen molar-refractivity contribution in [1.82, 2.24) is 0 Å². The Bertz CT molecular complexity index is 495. The van der Waals surface area contributed by atoms with Crippen molar-refractivity contribution in [3.63, 3.8) is 0 Å². The number of epoxide rings is 1. The summed E-state index contributed by atoms with van der Waals surface area (Å²) in [5, 5.41) is 2.76. The predicted octanol–water partition coefficient (Wildman–Crippen LogP) is 2.26. The molecule has 90 valence electrons. The second kappa shape index (κ2) is 3.23. The van der Waals surface area contributed by atoms with E-state index in [2.05, 4.69) is 5.32 Å². The van der Waals surface area contributed by atoms with Gasteiger partial charge in [0.25, 0.3) is 0 Å². The molecule has 0 aliphatic carbocycles. The Morgan fingerprint density at radius 3 is 2.88 bits per heavy atom. The number of carbonyl (C=O) groups is 1. The van der Waals surface area contributed by atoms with Crippen LogP contribution >= 0.6 is 0 Å². The Labute approximate surface area is 99.9 Å². The first-order valence-corrected chi connectivity index (χ1v) is 5.73. The maximum Gasteiger partial charge on any atom is 0.221 e. The van der Waals surface area contributed by atoms with Crippen molar-refractivity contribution >= 4 is 11.6 Å². The minimum absolute atomic E-state index is 0.0738. The number of carbonyl (C=O) groups excluding carboxylic acids is 1. The molecule has 0 radical (unpaired) electrons. The lowest BCUT2D eigenvalue weighted by Gasteiger charge is -2.29. The highest BCUT2D eigenvalue weighted by atomic mass is 16.6. The van der Waals surface area contributed by atoms with Gasteiger partial charge in [-0.25, -0.2) is 0 Å². The zero-order valence-corrected chi connectivity index (χ0v) is 10.1. The van der Waals surface area contributed by atoms with Crippen LogP contribution in [0.4, 0.5) is 5.69 Å². The monoisotopic (exact) mass is 233 g/mol. The van der Waals surface area contributed by atoms with Gasteiger partial charge in [0, 0.05) is 18.2 Å². The first-order valence-electron chi connectivity index (χ1n) is 5.73. The molecule has 1 N–H and O–H groups in total. The number of rotatable bonds is 1. The van der Waals surface area contributed by atoms with Crippen LogP contribution < -0.4 is 10.1 Å². The van der Waals surface area contributed by atoms with Crippen LogP contribution in [0.1, 0.15) is 32.4 Å². The molecule has 0 saturated carbocycles. The Morgan fingerprint density at radius 1 is 1.41 bits per heavy atom. The van der Waals surface area contributed by atoms with Crippen molar-refractivity contribution in [2.24, 2.45) is 0 Å². The molecule has 0 aromatic heterocycles. The minimum Gasteiger partial charge on any atom is -0.485 e. The Morgan fingerprint density at radius 2 is 2.18 bits per heavy atom. The number of nitrogens with one attached hydrogen (secondary N) is 1. The molecule has 0 unspecified atom stereocenters. The molecule has 4 heteroatoms. The van der Waals surface area contributed by atoms with Gasteiger partial charge in [0.05, 0.1) is 0 Å². The SMILES string of the molecule is CC(=O)Nc1ccc2c(c1)[C@H]1O[C@H]1C(C)(C)O2. The number of anilines is 1. The molecule has 1 amide bonds. The number of benzene rings is 1. The molecule has 2 heterocycles. The van der Waals surface area contributed by atoms with Crippen molar-refractivity contribution in [2.75, 3.05) is 5.32 Å². The van der Waals surface area contributed by atoms with E-state index >= 15 is 0 Å². The van der Waals surface area contributed by atoms with E-state index in [1.165, 1.54) is 6.92 Å². The highest BCUT2D eigenvalue weighted by molar-refractivity contribution is 5.88. The lowest BCUT2D eigenvalue weighted by molar-refractivity contribution is -0.114. The maximum absolute atomic E-state index is 11.0. The van der Waals surface area contributed by atoms with E-state index in [0.29, 0.717) is 0 Å². The van der Waals surface area contributed by atoms with Gasteiger partial charge in [-0.3, -0.25) is 4.79 Å². The fourth-order valence-corrected chi connectivity index (χ4v) is 2.36. The predicted molar refractivity (Wildman–Crippen MR) is 63.1 cm³/mol. The van der Waals surface area contributed by atoms with Gasteiger partial charge in [-0.2, -0.15) is 0 Å². The summed E-state index contributed by atoms with van der Waals surface area (Å²) in [6, 6.07) is 5.66. The van der Waals surface area contributed by atoms with Gasteiger partial charge in [0.15, 0.2) is 0 Å². The van der Waals surface area contributed by atoms with Crippen LogP contribution in [0.2, 0.25) is 0 Å². The Kier molecular flexibility index (Phi) is 2.01. The average molecular weight is 233 g/mol. The third-order valence-electron chi connectivity index (χ3n) is 3.19. The molecule has 0 bridgehead atoms. The van der Waals surface area contributed by atoms with Crippen LogP contribution in [-0.4, -0.2) is 17.6 Å².